The first kappa shape index (κ1) is 16.5. The summed E-state index contributed by atoms with van der Waals surface area (Å²) in [4.78, 5) is 24.3. The molecule has 3 rings (SSSR count). The number of hydrogen-bond donors (Lipinski definition) is 2. The Morgan fingerprint density at radius 1 is 1.30 bits per heavy atom. The van der Waals surface area contributed by atoms with E-state index in [0.717, 1.165) is 35.2 Å². The van der Waals surface area contributed by atoms with Gasteiger partial charge in [-0.15, -0.1) is 0 Å². The van der Waals surface area contributed by atoms with Gasteiger partial charge in [0.25, 0.3) is 0 Å². The van der Waals surface area contributed by atoms with Crippen molar-refractivity contribution < 1.29 is 14.3 Å². The van der Waals surface area contributed by atoms with E-state index in [1.165, 1.54) is 0 Å². The van der Waals surface area contributed by atoms with Gasteiger partial charge in [-0.2, -0.15) is 0 Å². The summed E-state index contributed by atoms with van der Waals surface area (Å²) >= 11 is 3.43. The molecule has 3 unspecified atom stereocenters. The van der Waals surface area contributed by atoms with Crippen LogP contribution in [0.5, 0.6) is 0 Å². The summed E-state index contributed by atoms with van der Waals surface area (Å²) in [5.41, 5.74) is 1.82. The van der Waals surface area contributed by atoms with Gasteiger partial charge < -0.3 is 15.4 Å². The molecular formula is C17H21BrN2O3. The minimum atomic E-state index is -0.219. The number of carbonyl (C=O) groups is 2. The van der Waals surface area contributed by atoms with E-state index in [1.807, 2.05) is 25.1 Å². The molecule has 0 spiro atoms. The normalized spacial score (nSPS) is 25.9. The van der Waals surface area contributed by atoms with Gasteiger partial charge >= 0.3 is 0 Å². The molecule has 1 saturated carbocycles. The lowest BCUT2D eigenvalue weighted by molar-refractivity contribution is -0.125. The fourth-order valence-corrected chi connectivity index (χ4v) is 3.13. The van der Waals surface area contributed by atoms with E-state index >= 15 is 0 Å². The summed E-state index contributed by atoms with van der Waals surface area (Å²) in [5, 5.41) is 5.79. The molecule has 1 aliphatic heterocycles. The second-order valence-corrected chi connectivity index (χ2v) is 7.14. The second kappa shape index (κ2) is 7.01. The molecule has 1 aromatic carbocycles. The van der Waals surface area contributed by atoms with Gasteiger partial charge in [0.1, 0.15) is 0 Å². The average Bonchev–Trinajstić information content (AvgIpc) is 3.17. The van der Waals surface area contributed by atoms with Crippen molar-refractivity contribution in [2.24, 2.45) is 11.8 Å². The summed E-state index contributed by atoms with van der Waals surface area (Å²) in [6.07, 6.45) is 2.81. The third kappa shape index (κ3) is 4.12. The lowest BCUT2D eigenvalue weighted by Gasteiger charge is -2.10. The number of anilines is 1. The van der Waals surface area contributed by atoms with Crippen LogP contribution in [0.3, 0.4) is 0 Å². The number of ether oxygens (including phenoxy) is 1. The van der Waals surface area contributed by atoms with E-state index in [0.29, 0.717) is 13.0 Å². The molecule has 0 radical (unpaired) electrons. The highest BCUT2D eigenvalue weighted by atomic mass is 79.9. The van der Waals surface area contributed by atoms with E-state index in [-0.39, 0.29) is 29.8 Å². The van der Waals surface area contributed by atoms with E-state index < -0.39 is 0 Å². The van der Waals surface area contributed by atoms with Gasteiger partial charge in [0.15, 0.2) is 0 Å². The topological polar surface area (TPSA) is 67.4 Å². The summed E-state index contributed by atoms with van der Waals surface area (Å²) < 4.78 is 6.49. The molecule has 3 atom stereocenters. The SMILES string of the molecule is Cc1cc(NC(=O)C2CC2C(=O)NCC2CCCO2)ccc1Br. The van der Waals surface area contributed by atoms with Gasteiger partial charge in [-0.05, 0) is 49.9 Å². The van der Waals surface area contributed by atoms with Crippen molar-refractivity contribution in [3.63, 3.8) is 0 Å². The Balaban J connectivity index is 1.46. The molecule has 2 N–H and O–H groups in total. The standard InChI is InChI=1S/C17H21BrN2O3/c1-10-7-11(4-5-15(10)18)20-17(22)14-8-13(14)16(21)19-9-12-3-2-6-23-12/h4-5,7,12-14H,2-3,6,8-9H2,1H3,(H,19,21)(H,20,22). The van der Waals surface area contributed by atoms with Crippen LogP contribution in [0.25, 0.3) is 0 Å². The van der Waals surface area contributed by atoms with E-state index in [9.17, 15) is 9.59 Å². The zero-order valence-corrected chi connectivity index (χ0v) is 14.7. The van der Waals surface area contributed by atoms with E-state index in [2.05, 4.69) is 26.6 Å². The lowest BCUT2D eigenvalue weighted by Crippen LogP contribution is -2.33. The van der Waals surface area contributed by atoms with Crippen LogP contribution in [-0.4, -0.2) is 31.1 Å². The number of carbonyl (C=O) groups excluding carboxylic acids is 2. The summed E-state index contributed by atoms with van der Waals surface area (Å²) in [5.74, 6) is -0.534. The smallest absolute Gasteiger partial charge is 0.228 e. The number of benzene rings is 1. The fraction of sp³-hybridized carbons (Fsp3) is 0.529. The highest BCUT2D eigenvalue weighted by molar-refractivity contribution is 9.10. The molecule has 2 aliphatic rings. The lowest BCUT2D eigenvalue weighted by atomic mass is 10.2. The van der Waals surface area contributed by atoms with E-state index in [1.54, 1.807) is 0 Å². The molecule has 2 fully saturated rings. The fourth-order valence-electron chi connectivity index (χ4n) is 2.88. The van der Waals surface area contributed by atoms with Gasteiger partial charge in [0.2, 0.25) is 11.8 Å². The van der Waals surface area contributed by atoms with Gasteiger partial charge in [0, 0.05) is 23.3 Å². The molecule has 23 heavy (non-hydrogen) atoms. The van der Waals surface area contributed by atoms with Crippen LogP contribution < -0.4 is 10.6 Å². The highest BCUT2D eigenvalue weighted by Gasteiger charge is 2.48. The van der Waals surface area contributed by atoms with Crippen LogP contribution in [0.1, 0.15) is 24.8 Å². The molecule has 6 heteroatoms. The van der Waals surface area contributed by atoms with Crippen molar-refractivity contribution >= 4 is 33.4 Å². The predicted octanol–water partition coefficient (Wildman–Crippen LogP) is 2.63. The molecule has 2 amide bonds. The summed E-state index contributed by atoms with van der Waals surface area (Å²) in [6.45, 7) is 3.30. The van der Waals surface area contributed by atoms with Crippen molar-refractivity contribution in [1.82, 2.24) is 5.32 Å². The highest BCUT2D eigenvalue weighted by Crippen LogP contribution is 2.39. The Kier molecular flexibility index (Phi) is 5.02. The molecule has 124 valence electrons. The maximum Gasteiger partial charge on any atom is 0.228 e. The predicted molar refractivity (Wildman–Crippen MR) is 91.1 cm³/mol. The van der Waals surface area contributed by atoms with Crippen molar-refractivity contribution in [2.75, 3.05) is 18.5 Å². The van der Waals surface area contributed by atoms with Crippen LogP contribution in [-0.2, 0) is 14.3 Å². The number of aryl methyl sites for hydroxylation is 1. The van der Waals surface area contributed by atoms with Crippen LogP contribution in [0, 0.1) is 18.8 Å². The zero-order chi connectivity index (χ0) is 16.4. The van der Waals surface area contributed by atoms with Crippen LogP contribution in [0.2, 0.25) is 0 Å². The molecule has 1 aromatic rings. The largest absolute Gasteiger partial charge is 0.376 e. The molecule has 5 nitrogen and oxygen atoms in total. The monoisotopic (exact) mass is 380 g/mol. The average molecular weight is 381 g/mol. The minimum Gasteiger partial charge on any atom is -0.376 e. The zero-order valence-electron chi connectivity index (χ0n) is 13.1. The van der Waals surface area contributed by atoms with Gasteiger partial charge in [0.05, 0.1) is 17.9 Å². The van der Waals surface area contributed by atoms with Crippen molar-refractivity contribution in [2.45, 2.75) is 32.3 Å². The number of halogens is 1. The maximum atomic E-state index is 12.2. The van der Waals surface area contributed by atoms with Crippen molar-refractivity contribution in [1.29, 1.82) is 0 Å². The Morgan fingerprint density at radius 2 is 2.09 bits per heavy atom. The molecule has 1 heterocycles. The number of hydrogen-bond acceptors (Lipinski definition) is 3. The molecule has 1 saturated heterocycles. The third-order valence-electron chi connectivity index (χ3n) is 4.42. The van der Waals surface area contributed by atoms with Gasteiger partial charge in [-0.25, -0.2) is 0 Å². The van der Waals surface area contributed by atoms with Crippen LogP contribution in [0.15, 0.2) is 22.7 Å². The number of rotatable bonds is 5. The summed E-state index contributed by atoms with van der Waals surface area (Å²) in [7, 11) is 0. The molecule has 0 aromatic heterocycles. The Bertz CT molecular complexity index is 614. The molecule has 0 bridgehead atoms. The first-order valence-electron chi connectivity index (χ1n) is 8.01. The second-order valence-electron chi connectivity index (χ2n) is 6.28. The Hall–Kier alpha value is -1.40. The molecular weight excluding hydrogens is 360 g/mol. The third-order valence-corrected chi connectivity index (χ3v) is 5.31. The summed E-state index contributed by atoms with van der Waals surface area (Å²) in [6, 6.07) is 5.67. The van der Waals surface area contributed by atoms with Crippen LogP contribution in [0.4, 0.5) is 5.69 Å². The quantitative estimate of drug-likeness (QED) is 0.824. The van der Waals surface area contributed by atoms with Gasteiger partial charge in [-0.3, -0.25) is 9.59 Å². The van der Waals surface area contributed by atoms with Crippen molar-refractivity contribution in [3.05, 3.63) is 28.2 Å². The first-order chi connectivity index (χ1) is 11.0. The van der Waals surface area contributed by atoms with Crippen LogP contribution >= 0.6 is 15.9 Å². The first-order valence-corrected chi connectivity index (χ1v) is 8.80. The number of nitrogens with one attached hydrogen (secondary N) is 2. The molecule has 1 aliphatic carbocycles. The minimum absolute atomic E-state index is 0.0346. The number of amides is 2. The maximum absolute atomic E-state index is 12.2. The van der Waals surface area contributed by atoms with Gasteiger partial charge in [-0.1, -0.05) is 15.9 Å². The Labute approximate surface area is 144 Å². The van der Waals surface area contributed by atoms with Crippen molar-refractivity contribution in [3.8, 4) is 0 Å². The van der Waals surface area contributed by atoms with E-state index in [4.69, 9.17) is 4.74 Å². The Morgan fingerprint density at radius 3 is 2.78 bits per heavy atom.